The molecule has 1 saturated heterocycles. The molecule has 1 fully saturated rings. The van der Waals surface area contributed by atoms with Crippen LogP contribution in [0.2, 0.25) is 0 Å². The van der Waals surface area contributed by atoms with Crippen LogP contribution in [0.15, 0.2) is 18.2 Å². The molecule has 1 heterocycles. The number of halogens is 1. The number of likely N-dealkylation sites (tertiary alicyclic amines) is 1. The molecule has 1 aliphatic rings. The number of phenols is 1. The third-order valence-electron chi connectivity index (χ3n) is 2.88. The molecule has 0 radical (unpaired) electrons. The van der Waals surface area contributed by atoms with E-state index in [1.807, 2.05) is 22.6 Å². The Morgan fingerprint density at radius 3 is 2.88 bits per heavy atom. The monoisotopic (exact) mass is 347 g/mol. The van der Waals surface area contributed by atoms with E-state index in [9.17, 15) is 15.0 Å². The molecule has 1 atom stereocenters. The first-order valence-electron chi connectivity index (χ1n) is 5.54. The quantitative estimate of drug-likeness (QED) is 0.759. The van der Waals surface area contributed by atoms with Crippen LogP contribution in [0.1, 0.15) is 23.2 Å². The van der Waals surface area contributed by atoms with E-state index in [2.05, 4.69) is 0 Å². The minimum atomic E-state index is -0.426. The molecule has 4 nitrogen and oxygen atoms in total. The summed E-state index contributed by atoms with van der Waals surface area (Å²) >= 11 is 2.01. The largest absolute Gasteiger partial charge is 0.507 e. The highest BCUT2D eigenvalue weighted by molar-refractivity contribution is 14.1. The number of phenolic OH excluding ortho intramolecular Hbond substituents is 1. The van der Waals surface area contributed by atoms with Crippen molar-refractivity contribution in [3.05, 3.63) is 27.3 Å². The van der Waals surface area contributed by atoms with Crippen LogP contribution in [0.3, 0.4) is 0 Å². The van der Waals surface area contributed by atoms with Gasteiger partial charge < -0.3 is 15.1 Å². The molecule has 0 aromatic heterocycles. The highest BCUT2D eigenvalue weighted by atomic mass is 127. The second kappa shape index (κ2) is 5.22. The number of β-amino-alcohol motifs (C(OH)–C–C–N with tert-alkyl or cyclic N) is 1. The molecule has 1 aromatic rings. The Balaban J connectivity index is 2.15. The molecular weight excluding hydrogens is 333 g/mol. The van der Waals surface area contributed by atoms with Gasteiger partial charge in [-0.05, 0) is 53.6 Å². The smallest absolute Gasteiger partial charge is 0.254 e. The van der Waals surface area contributed by atoms with Gasteiger partial charge in [-0.15, -0.1) is 0 Å². The molecule has 0 saturated carbocycles. The van der Waals surface area contributed by atoms with Crippen molar-refractivity contribution < 1.29 is 15.0 Å². The molecule has 92 valence electrons. The molecule has 0 aliphatic carbocycles. The number of nitrogens with zero attached hydrogens (tertiary/aromatic N) is 1. The molecule has 17 heavy (non-hydrogen) atoms. The van der Waals surface area contributed by atoms with Gasteiger partial charge in [-0.1, -0.05) is 0 Å². The van der Waals surface area contributed by atoms with Crippen LogP contribution in [0, 0.1) is 3.57 Å². The summed E-state index contributed by atoms with van der Waals surface area (Å²) < 4.78 is 0.720. The second-order valence-corrected chi connectivity index (χ2v) is 5.38. The first-order chi connectivity index (χ1) is 8.08. The zero-order valence-corrected chi connectivity index (χ0v) is 11.4. The molecule has 1 aromatic carbocycles. The zero-order chi connectivity index (χ0) is 12.4. The van der Waals surface area contributed by atoms with Crippen LogP contribution in [0.25, 0.3) is 0 Å². The summed E-state index contributed by atoms with van der Waals surface area (Å²) in [5, 5.41) is 19.1. The van der Waals surface area contributed by atoms with E-state index < -0.39 is 6.10 Å². The average Bonchev–Trinajstić information content (AvgIpc) is 2.32. The summed E-state index contributed by atoms with van der Waals surface area (Å²) in [6, 6.07) is 4.89. The van der Waals surface area contributed by atoms with Gasteiger partial charge in [0.2, 0.25) is 0 Å². The normalized spacial score (nSPS) is 20.4. The molecule has 1 unspecified atom stereocenters. The van der Waals surface area contributed by atoms with E-state index in [4.69, 9.17) is 0 Å². The first kappa shape index (κ1) is 12.6. The Morgan fingerprint density at radius 2 is 2.24 bits per heavy atom. The Kier molecular flexibility index (Phi) is 3.88. The summed E-state index contributed by atoms with van der Waals surface area (Å²) in [7, 11) is 0. The number of aliphatic hydroxyl groups is 1. The minimum Gasteiger partial charge on any atom is -0.507 e. The van der Waals surface area contributed by atoms with Gasteiger partial charge in [-0.3, -0.25) is 4.79 Å². The number of aliphatic hydroxyl groups excluding tert-OH is 1. The molecule has 0 bridgehead atoms. The molecule has 5 heteroatoms. The Labute approximate surface area is 113 Å². The highest BCUT2D eigenvalue weighted by Crippen LogP contribution is 2.22. The SMILES string of the molecule is O=C(c1ccc(I)c(O)c1)N1CCCC(O)C1. The summed E-state index contributed by atoms with van der Waals surface area (Å²) in [5.41, 5.74) is 0.469. The van der Waals surface area contributed by atoms with Crippen LogP contribution in [0.5, 0.6) is 5.75 Å². The lowest BCUT2D eigenvalue weighted by atomic mass is 10.1. The summed E-state index contributed by atoms with van der Waals surface area (Å²) in [6.07, 6.45) is 1.15. The Morgan fingerprint density at radius 1 is 1.47 bits per heavy atom. The number of carbonyl (C=O) groups is 1. The van der Waals surface area contributed by atoms with Gasteiger partial charge in [0.1, 0.15) is 5.75 Å². The summed E-state index contributed by atoms with van der Waals surface area (Å²) in [6.45, 7) is 1.05. The minimum absolute atomic E-state index is 0.119. The Hall–Kier alpha value is -0.820. The van der Waals surface area contributed by atoms with Gasteiger partial charge in [-0.25, -0.2) is 0 Å². The predicted molar refractivity (Wildman–Crippen MR) is 72.0 cm³/mol. The van der Waals surface area contributed by atoms with E-state index in [1.165, 1.54) is 6.07 Å². The third kappa shape index (κ3) is 2.90. The van der Waals surface area contributed by atoms with Gasteiger partial charge in [0.25, 0.3) is 5.91 Å². The predicted octanol–water partition coefficient (Wildman–Crippen LogP) is 1.59. The average molecular weight is 347 g/mol. The second-order valence-electron chi connectivity index (χ2n) is 4.21. The van der Waals surface area contributed by atoms with Crippen molar-refractivity contribution in [1.82, 2.24) is 4.90 Å². The number of rotatable bonds is 1. The van der Waals surface area contributed by atoms with Gasteiger partial charge in [0.05, 0.1) is 9.67 Å². The number of hydrogen-bond acceptors (Lipinski definition) is 3. The Bertz CT molecular complexity index is 436. The van der Waals surface area contributed by atoms with Crippen molar-refractivity contribution in [3.63, 3.8) is 0 Å². The maximum atomic E-state index is 12.1. The fourth-order valence-corrected chi connectivity index (χ4v) is 2.30. The van der Waals surface area contributed by atoms with Crippen molar-refractivity contribution in [3.8, 4) is 5.75 Å². The lowest BCUT2D eigenvalue weighted by Gasteiger charge is -2.30. The first-order valence-corrected chi connectivity index (χ1v) is 6.61. The number of benzene rings is 1. The molecule has 2 rings (SSSR count). The van der Waals surface area contributed by atoms with Crippen LogP contribution >= 0.6 is 22.6 Å². The number of piperidine rings is 1. The van der Waals surface area contributed by atoms with Crippen molar-refractivity contribution in [1.29, 1.82) is 0 Å². The summed E-state index contributed by atoms with van der Waals surface area (Å²) in [4.78, 5) is 13.7. The van der Waals surface area contributed by atoms with Crippen molar-refractivity contribution in [2.24, 2.45) is 0 Å². The van der Waals surface area contributed by atoms with E-state index in [-0.39, 0.29) is 11.7 Å². The molecule has 2 N–H and O–H groups in total. The van der Waals surface area contributed by atoms with E-state index in [0.29, 0.717) is 18.7 Å². The fourth-order valence-electron chi connectivity index (χ4n) is 1.97. The van der Waals surface area contributed by atoms with Crippen molar-refractivity contribution in [2.45, 2.75) is 18.9 Å². The fraction of sp³-hybridized carbons (Fsp3) is 0.417. The van der Waals surface area contributed by atoms with Crippen LogP contribution in [-0.2, 0) is 0 Å². The number of aromatic hydroxyl groups is 1. The number of carbonyl (C=O) groups excluding carboxylic acids is 1. The third-order valence-corrected chi connectivity index (χ3v) is 3.79. The van der Waals surface area contributed by atoms with Crippen LogP contribution in [0.4, 0.5) is 0 Å². The molecular formula is C12H14INO3. The molecule has 0 spiro atoms. The van der Waals surface area contributed by atoms with E-state index >= 15 is 0 Å². The number of hydrogen-bond donors (Lipinski definition) is 2. The molecule has 1 aliphatic heterocycles. The van der Waals surface area contributed by atoms with E-state index in [0.717, 1.165) is 16.4 Å². The van der Waals surface area contributed by atoms with Crippen LogP contribution in [-0.4, -0.2) is 40.2 Å². The van der Waals surface area contributed by atoms with Crippen molar-refractivity contribution >= 4 is 28.5 Å². The van der Waals surface area contributed by atoms with Gasteiger partial charge in [-0.2, -0.15) is 0 Å². The zero-order valence-electron chi connectivity index (χ0n) is 9.27. The molecule has 1 amide bonds. The van der Waals surface area contributed by atoms with Crippen molar-refractivity contribution in [2.75, 3.05) is 13.1 Å². The van der Waals surface area contributed by atoms with Gasteiger partial charge in [0, 0.05) is 18.7 Å². The van der Waals surface area contributed by atoms with E-state index in [1.54, 1.807) is 17.0 Å². The van der Waals surface area contributed by atoms with Gasteiger partial charge in [0.15, 0.2) is 0 Å². The van der Waals surface area contributed by atoms with Gasteiger partial charge >= 0.3 is 0 Å². The lowest BCUT2D eigenvalue weighted by molar-refractivity contribution is 0.0473. The maximum Gasteiger partial charge on any atom is 0.254 e. The topological polar surface area (TPSA) is 60.8 Å². The standard InChI is InChI=1S/C12H14INO3/c13-10-4-3-8(6-11(10)16)12(17)14-5-1-2-9(15)7-14/h3-4,6,9,15-16H,1-2,5,7H2. The lowest BCUT2D eigenvalue weighted by Crippen LogP contribution is -2.42. The van der Waals surface area contributed by atoms with Crippen LogP contribution < -0.4 is 0 Å². The highest BCUT2D eigenvalue weighted by Gasteiger charge is 2.23. The maximum absolute atomic E-state index is 12.1. The summed E-state index contributed by atoms with van der Waals surface area (Å²) in [5.74, 6) is -0.00976. The number of amides is 1.